The number of esters is 2. The highest BCUT2D eigenvalue weighted by atomic mass is 16.5. The van der Waals surface area contributed by atoms with Crippen molar-refractivity contribution in [2.24, 2.45) is 0 Å². The van der Waals surface area contributed by atoms with Gasteiger partial charge in [-0.05, 0) is 32.6 Å². The molecule has 0 aliphatic rings. The number of unbranched alkanes of at least 4 members (excludes halogenated alkanes) is 3. The third-order valence-electron chi connectivity index (χ3n) is 2.92. The SMILES string of the molecule is CCCCCC[C@H](CCCC(=O)OCC)OC(C)=O. The van der Waals surface area contributed by atoms with Gasteiger partial charge in [0, 0.05) is 13.3 Å². The lowest BCUT2D eigenvalue weighted by Gasteiger charge is -2.16. The van der Waals surface area contributed by atoms with E-state index in [2.05, 4.69) is 6.92 Å². The second-order valence-electron chi connectivity index (χ2n) is 4.78. The molecule has 0 aliphatic heterocycles. The van der Waals surface area contributed by atoms with Crippen LogP contribution in [0.4, 0.5) is 0 Å². The largest absolute Gasteiger partial charge is 0.466 e. The summed E-state index contributed by atoms with van der Waals surface area (Å²) in [5.74, 6) is -0.410. The van der Waals surface area contributed by atoms with Gasteiger partial charge in [-0.1, -0.05) is 26.2 Å². The van der Waals surface area contributed by atoms with Gasteiger partial charge in [0.2, 0.25) is 0 Å². The summed E-state index contributed by atoms with van der Waals surface area (Å²) in [6.45, 7) is 5.82. The van der Waals surface area contributed by atoms with E-state index in [4.69, 9.17) is 9.47 Å². The summed E-state index contributed by atoms with van der Waals surface area (Å²) in [5.41, 5.74) is 0. The predicted molar refractivity (Wildman–Crippen MR) is 74.8 cm³/mol. The molecule has 0 aromatic heterocycles. The van der Waals surface area contributed by atoms with Crippen LogP contribution in [0, 0.1) is 0 Å². The third-order valence-corrected chi connectivity index (χ3v) is 2.92. The highest BCUT2D eigenvalue weighted by Gasteiger charge is 2.13. The monoisotopic (exact) mass is 272 g/mol. The molecule has 0 aromatic rings. The van der Waals surface area contributed by atoms with Gasteiger partial charge >= 0.3 is 11.9 Å². The molecule has 112 valence electrons. The van der Waals surface area contributed by atoms with E-state index in [9.17, 15) is 9.59 Å². The van der Waals surface area contributed by atoms with Gasteiger partial charge in [-0.15, -0.1) is 0 Å². The van der Waals surface area contributed by atoms with Crippen LogP contribution in [0.1, 0.15) is 72.1 Å². The maximum Gasteiger partial charge on any atom is 0.305 e. The highest BCUT2D eigenvalue weighted by Crippen LogP contribution is 2.14. The summed E-state index contributed by atoms with van der Waals surface area (Å²) in [6.07, 6.45) is 7.36. The van der Waals surface area contributed by atoms with E-state index in [1.54, 1.807) is 6.92 Å². The van der Waals surface area contributed by atoms with Crippen LogP contribution >= 0.6 is 0 Å². The maximum atomic E-state index is 11.2. The fraction of sp³-hybridized carbons (Fsp3) is 0.867. The second-order valence-corrected chi connectivity index (χ2v) is 4.78. The van der Waals surface area contributed by atoms with Crippen molar-refractivity contribution in [3.63, 3.8) is 0 Å². The molecule has 4 heteroatoms. The van der Waals surface area contributed by atoms with Crippen molar-refractivity contribution >= 4 is 11.9 Å². The molecule has 0 unspecified atom stereocenters. The van der Waals surface area contributed by atoms with Crippen LogP contribution in [0.3, 0.4) is 0 Å². The van der Waals surface area contributed by atoms with Crippen molar-refractivity contribution in [2.75, 3.05) is 6.61 Å². The molecule has 0 spiro atoms. The zero-order valence-electron chi connectivity index (χ0n) is 12.6. The summed E-state index contributed by atoms with van der Waals surface area (Å²) in [6, 6.07) is 0. The van der Waals surface area contributed by atoms with E-state index >= 15 is 0 Å². The van der Waals surface area contributed by atoms with Crippen LogP contribution < -0.4 is 0 Å². The Bertz CT molecular complexity index is 251. The van der Waals surface area contributed by atoms with Gasteiger partial charge in [0.1, 0.15) is 6.10 Å². The first-order valence-corrected chi connectivity index (χ1v) is 7.43. The molecule has 0 aromatic carbocycles. The minimum Gasteiger partial charge on any atom is -0.466 e. The van der Waals surface area contributed by atoms with Gasteiger partial charge in [0.15, 0.2) is 0 Å². The molecule has 1 atom stereocenters. The first-order chi connectivity index (χ1) is 9.10. The fourth-order valence-corrected chi connectivity index (χ4v) is 2.00. The fourth-order valence-electron chi connectivity index (χ4n) is 2.00. The molecule has 0 rings (SSSR count). The predicted octanol–water partition coefficient (Wildman–Crippen LogP) is 3.62. The van der Waals surface area contributed by atoms with Gasteiger partial charge in [-0.2, -0.15) is 0 Å². The minimum atomic E-state index is -0.239. The van der Waals surface area contributed by atoms with Crippen LogP contribution in [0.2, 0.25) is 0 Å². The minimum absolute atomic E-state index is 0.0521. The normalized spacial score (nSPS) is 11.9. The number of hydrogen-bond donors (Lipinski definition) is 0. The van der Waals surface area contributed by atoms with Crippen molar-refractivity contribution in [3.05, 3.63) is 0 Å². The number of rotatable bonds is 11. The highest BCUT2D eigenvalue weighted by molar-refractivity contribution is 5.69. The summed E-state index contributed by atoms with van der Waals surface area (Å²) in [5, 5.41) is 0. The number of ether oxygens (including phenoxy) is 2. The molecule has 0 heterocycles. The smallest absolute Gasteiger partial charge is 0.305 e. The van der Waals surface area contributed by atoms with Crippen LogP contribution in [0.25, 0.3) is 0 Å². The number of carbonyl (C=O) groups is 2. The lowest BCUT2D eigenvalue weighted by atomic mass is 10.0. The average molecular weight is 272 g/mol. The Hall–Kier alpha value is -1.06. The van der Waals surface area contributed by atoms with E-state index in [1.807, 2.05) is 0 Å². The van der Waals surface area contributed by atoms with E-state index in [0.717, 1.165) is 19.3 Å². The molecule has 0 saturated carbocycles. The molecule has 0 fully saturated rings. The zero-order chi connectivity index (χ0) is 14.5. The topological polar surface area (TPSA) is 52.6 Å². The van der Waals surface area contributed by atoms with Crippen LogP contribution in [-0.4, -0.2) is 24.6 Å². The first kappa shape index (κ1) is 17.9. The molecule has 4 nitrogen and oxygen atoms in total. The van der Waals surface area contributed by atoms with Crippen molar-refractivity contribution in [3.8, 4) is 0 Å². The summed E-state index contributed by atoms with van der Waals surface area (Å²) >= 11 is 0. The molecule has 0 aliphatic carbocycles. The quantitative estimate of drug-likeness (QED) is 0.426. The zero-order valence-corrected chi connectivity index (χ0v) is 12.6. The first-order valence-electron chi connectivity index (χ1n) is 7.43. The molecule has 0 saturated heterocycles. The molecule has 19 heavy (non-hydrogen) atoms. The average Bonchev–Trinajstić information content (AvgIpc) is 2.34. The Morgan fingerprint density at radius 1 is 1.00 bits per heavy atom. The Kier molecular flexibility index (Phi) is 11.3. The third kappa shape index (κ3) is 11.7. The van der Waals surface area contributed by atoms with Crippen molar-refractivity contribution < 1.29 is 19.1 Å². The van der Waals surface area contributed by atoms with E-state index in [0.29, 0.717) is 19.4 Å². The van der Waals surface area contributed by atoms with Crippen molar-refractivity contribution in [2.45, 2.75) is 78.2 Å². The summed E-state index contributed by atoms with van der Waals surface area (Å²) < 4.78 is 10.2. The Morgan fingerprint density at radius 3 is 2.26 bits per heavy atom. The van der Waals surface area contributed by atoms with Gasteiger partial charge in [-0.25, -0.2) is 0 Å². The lowest BCUT2D eigenvalue weighted by Crippen LogP contribution is -2.17. The van der Waals surface area contributed by atoms with E-state index in [-0.39, 0.29) is 18.0 Å². The van der Waals surface area contributed by atoms with Crippen LogP contribution in [0.15, 0.2) is 0 Å². The standard InChI is InChI=1S/C15H28O4/c1-4-6-7-8-10-14(19-13(3)16)11-9-12-15(17)18-5-2/h14H,4-12H2,1-3H3/t14-/m1/s1. The van der Waals surface area contributed by atoms with Gasteiger partial charge in [0.05, 0.1) is 6.61 Å². The molecular weight excluding hydrogens is 244 g/mol. The molecule has 0 radical (unpaired) electrons. The molecular formula is C15H28O4. The molecule has 0 bridgehead atoms. The van der Waals surface area contributed by atoms with Gasteiger partial charge in [0.25, 0.3) is 0 Å². The Balaban J connectivity index is 3.85. The number of hydrogen-bond acceptors (Lipinski definition) is 4. The lowest BCUT2D eigenvalue weighted by molar-refractivity contribution is -0.147. The maximum absolute atomic E-state index is 11.2. The van der Waals surface area contributed by atoms with Gasteiger partial charge in [-0.3, -0.25) is 9.59 Å². The van der Waals surface area contributed by atoms with Gasteiger partial charge < -0.3 is 9.47 Å². The summed E-state index contributed by atoms with van der Waals surface area (Å²) in [7, 11) is 0. The second kappa shape index (κ2) is 12.0. The Morgan fingerprint density at radius 2 is 1.68 bits per heavy atom. The van der Waals surface area contributed by atoms with Crippen LogP contribution in [-0.2, 0) is 19.1 Å². The Labute approximate surface area is 116 Å². The summed E-state index contributed by atoms with van der Waals surface area (Å²) in [4.78, 5) is 22.2. The van der Waals surface area contributed by atoms with Crippen LogP contribution in [0.5, 0.6) is 0 Å². The van der Waals surface area contributed by atoms with Crippen molar-refractivity contribution in [1.82, 2.24) is 0 Å². The van der Waals surface area contributed by atoms with E-state index in [1.165, 1.54) is 26.2 Å². The number of carbonyl (C=O) groups excluding carboxylic acids is 2. The molecule has 0 N–H and O–H groups in total. The van der Waals surface area contributed by atoms with E-state index < -0.39 is 0 Å². The van der Waals surface area contributed by atoms with Crippen molar-refractivity contribution in [1.29, 1.82) is 0 Å². The molecule has 0 amide bonds.